The second-order valence-corrected chi connectivity index (χ2v) is 7.38. The Bertz CT molecular complexity index is 837. The van der Waals surface area contributed by atoms with Gasteiger partial charge in [0, 0.05) is 45.5 Å². The molecule has 0 N–H and O–H groups in total. The van der Waals surface area contributed by atoms with Crippen LogP contribution >= 0.6 is 0 Å². The first kappa shape index (κ1) is 19.3. The second-order valence-electron chi connectivity index (χ2n) is 7.38. The fourth-order valence-corrected chi connectivity index (χ4v) is 4.00. The molecule has 1 saturated heterocycles. The zero-order valence-electron chi connectivity index (χ0n) is 16.6. The van der Waals surface area contributed by atoms with Crippen LogP contribution in [0.2, 0.25) is 0 Å². The standard InChI is InChI=1S/C18H29N7O2/c1-5-24-8-6-7-14(17(24)15-9-19-23(4)11-15)10-21(2)16(26)12-25-18(27)22(3)13-20-25/h9,11,13-14,17H,5-8,10,12H2,1-4H3/t14-,17+/m0/s1. The van der Waals surface area contributed by atoms with Crippen LogP contribution in [0.5, 0.6) is 0 Å². The minimum absolute atomic E-state index is 0.0298. The molecule has 148 valence electrons. The van der Waals surface area contributed by atoms with Gasteiger partial charge < -0.3 is 4.90 Å². The quantitative estimate of drug-likeness (QED) is 0.723. The summed E-state index contributed by atoms with van der Waals surface area (Å²) in [4.78, 5) is 28.7. The minimum Gasteiger partial charge on any atom is -0.344 e. The molecule has 0 saturated carbocycles. The molecule has 0 unspecified atom stereocenters. The predicted octanol–water partition coefficient (Wildman–Crippen LogP) is 0.247. The van der Waals surface area contributed by atoms with Crippen molar-refractivity contribution < 1.29 is 4.79 Å². The van der Waals surface area contributed by atoms with Crippen molar-refractivity contribution in [3.63, 3.8) is 0 Å². The molecule has 9 heteroatoms. The van der Waals surface area contributed by atoms with Gasteiger partial charge in [-0.3, -0.25) is 18.9 Å². The molecule has 0 aliphatic carbocycles. The molecule has 1 aliphatic heterocycles. The molecular formula is C18H29N7O2. The van der Waals surface area contributed by atoms with Crippen molar-refractivity contribution in [2.75, 3.05) is 26.7 Å². The van der Waals surface area contributed by atoms with Crippen LogP contribution < -0.4 is 5.69 Å². The minimum atomic E-state index is -0.278. The number of carbonyl (C=O) groups is 1. The highest BCUT2D eigenvalue weighted by Crippen LogP contribution is 2.36. The van der Waals surface area contributed by atoms with E-state index in [1.807, 2.05) is 25.0 Å². The number of hydrogen-bond acceptors (Lipinski definition) is 5. The van der Waals surface area contributed by atoms with Crippen LogP contribution in [0, 0.1) is 5.92 Å². The van der Waals surface area contributed by atoms with Crippen LogP contribution in [0.3, 0.4) is 0 Å². The molecule has 3 rings (SSSR count). The largest absolute Gasteiger partial charge is 0.345 e. The Labute approximate surface area is 159 Å². The van der Waals surface area contributed by atoms with Gasteiger partial charge in [-0.25, -0.2) is 9.48 Å². The lowest BCUT2D eigenvalue weighted by Gasteiger charge is -2.42. The average Bonchev–Trinajstić information content (AvgIpc) is 3.21. The van der Waals surface area contributed by atoms with Crippen molar-refractivity contribution in [1.82, 2.24) is 33.9 Å². The van der Waals surface area contributed by atoms with E-state index in [9.17, 15) is 9.59 Å². The third kappa shape index (κ3) is 4.13. The first-order chi connectivity index (χ1) is 12.9. The van der Waals surface area contributed by atoms with Gasteiger partial charge in [0.2, 0.25) is 5.91 Å². The first-order valence-corrected chi connectivity index (χ1v) is 9.45. The highest BCUT2D eigenvalue weighted by Gasteiger charge is 2.34. The van der Waals surface area contributed by atoms with Crippen LogP contribution in [0.1, 0.15) is 31.4 Å². The van der Waals surface area contributed by atoms with Gasteiger partial charge in [-0.1, -0.05) is 6.92 Å². The summed E-state index contributed by atoms with van der Waals surface area (Å²) in [6.07, 6.45) is 7.62. The van der Waals surface area contributed by atoms with E-state index in [1.54, 1.807) is 11.9 Å². The van der Waals surface area contributed by atoms with Gasteiger partial charge in [0.05, 0.1) is 6.20 Å². The smallest absolute Gasteiger partial charge is 0.344 e. The molecule has 1 aliphatic rings. The van der Waals surface area contributed by atoms with E-state index in [-0.39, 0.29) is 24.2 Å². The SMILES string of the molecule is CCN1CCC[C@@H](CN(C)C(=O)Cn2ncn(C)c2=O)[C@@H]1c1cnn(C)c1. The highest BCUT2D eigenvalue weighted by atomic mass is 16.2. The summed E-state index contributed by atoms with van der Waals surface area (Å²) < 4.78 is 4.40. The van der Waals surface area contributed by atoms with Crippen molar-refractivity contribution in [3.8, 4) is 0 Å². The first-order valence-electron chi connectivity index (χ1n) is 9.45. The zero-order valence-corrected chi connectivity index (χ0v) is 16.6. The van der Waals surface area contributed by atoms with E-state index >= 15 is 0 Å². The Morgan fingerprint density at radius 2 is 2.11 bits per heavy atom. The van der Waals surface area contributed by atoms with Gasteiger partial charge in [-0.2, -0.15) is 10.2 Å². The van der Waals surface area contributed by atoms with E-state index in [2.05, 4.69) is 28.2 Å². The Kier molecular flexibility index (Phi) is 5.79. The van der Waals surface area contributed by atoms with Gasteiger partial charge in [0.1, 0.15) is 12.9 Å². The normalized spacial score (nSPS) is 20.7. The van der Waals surface area contributed by atoms with Gasteiger partial charge in [-0.15, -0.1) is 0 Å². The van der Waals surface area contributed by atoms with Crippen LogP contribution in [-0.2, 0) is 25.4 Å². The summed E-state index contributed by atoms with van der Waals surface area (Å²) in [6, 6.07) is 0.255. The van der Waals surface area contributed by atoms with Crippen LogP contribution in [0.15, 0.2) is 23.5 Å². The number of likely N-dealkylation sites (tertiary alicyclic amines) is 1. The molecule has 0 radical (unpaired) electrons. The monoisotopic (exact) mass is 375 g/mol. The van der Waals surface area contributed by atoms with E-state index in [0.717, 1.165) is 25.9 Å². The number of carbonyl (C=O) groups excluding carboxylic acids is 1. The number of rotatable bonds is 6. The number of amides is 1. The van der Waals surface area contributed by atoms with Gasteiger partial charge in [0.15, 0.2) is 0 Å². The summed E-state index contributed by atoms with van der Waals surface area (Å²) >= 11 is 0. The van der Waals surface area contributed by atoms with Crippen molar-refractivity contribution in [3.05, 3.63) is 34.8 Å². The molecule has 2 aromatic heterocycles. The molecule has 1 amide bonds. The Hall–Kier alpha value is -2.42. The molecule has 27 heavy (non-hydrogen) atoms. The average molecular weight is 375 g/mol. The van der Waals surface area contributed by atoms with Crippen LogP contribution in [0.25, 0.3) is 0 Å². The molecule has 2 atom stereocenters. The third-order valence-corrected chi connectivity index (χ3v) is 5.44. The number of nitrogens with zero attached hydrogens (tertiary/aromatic N) is 7. The number of piperidine rings is 1. The number of likely N-dealkylation sites (N-methyl/N-ethyl adjacent to an activating group) is 1. The maximum Gasteiger partial charge on any atom is 0.345 e. The fraction of sp³-hybridized carbons (Fsp3) is 0.667. The zero-order chi connectivity index (χ0) is 19.6. The van der Waals surface area contributed by atoms with Crippen molar-refractivity contribution in [2.24, 2.45) is 20.0 Å². The van der Waals surface area contributed by atoms with Gasteiger partial charge >= 0.3 is 5.69 Å². The predicted molar refractivity (Wildman–Crippen MR) is 101 cm³/mol. The number of hydrogen-bond donors (Lipinski definition) is 0. The molecule has 3 heterocycles. The second kappa shape index (κ2) is 8.08. The van der Waals surface area contributed by atoms with E-state index in [4.69, 9.17) is 0 Å². The molecule has 0 spiro atoms. The van der Waals surface area contributed by atoms with E-state index < -0.39 is 0 Å². The molecule has 9 nitrogen and oxygen atoms in total. The highest BCUT2D eigenvalue weighted by molar-refractivity contribution is 5.75. The fourth-order valence-electron chi connectivity index (χ4n) is 4.00. The summed E-state index contributed by atoms with van der Waals surface area (Å²) in [6.45, 7) is 4.83. The van der Waals surface area contributed by atoms with E-state index in [0.29, 0.717) is 12.5 Å². The number of aryl methyl sites for hydroxylation is 2. The topological polar surface area (TPSA) is 81.2 Å². The summed E-state index contributed by atoms with van der Waals surface area (Å²) in [5.41, 5.74) is 0.922. The third-order valence-electron chi connectivity index (χ3n) is 5.44. The molecule has 0 aromatic carbocycles. The Morgan fingerprint density at radius 1 is 1.33 bits per heavy atom. The molecule has 0 bridgehead atoms. The van der Waals surface area contributed by atoms with Crippen molar-refractivity contribution in [1.29, 1.82) is 0 Å². The Balaban J connectivity index is 1.72. The summed E-state index contributed by atoms with van der Waals surface area (Å²) in [7, 11) is 5.36. The lowest BCUT2D eigenvalue weighted by molar-refractivity contribution is -0.132. The number of aromatic nitrogens is 5. The van der Waals surface area contributed by atoms with Gasteiger partial charge in [-0.05, 0) is 31.8 Å². The van der Waals surface area contributed by atoms with Crippen LogP contribution in [-0.4, -0.2) is 66.5 Å². The molecule has 2 aromatic rings. The van der Waals surface area contributed by atoms with Gasteiger partial charge in [0.25, 0.3) is 0 Å². The lowest BCUT2D eigenvalue weighted by Crippen LogP contribution is -2.44. The molecular weight excluding hydrogens is 346 g/mol. The summed E-state index contributed by atoms with van der Waals surface area (Å²) in [5.74, 6) is 0.228. The van der Waals surface area contributed by atoms with Crippen molar-refractivity contribution >= 4 is 5.91 Å². The molecule has 1 fully saturated rings. The summed E-state index contributed by atoms with van der Waals surface area (Å²) in [5, 5.41) is 8.31. The maximum atomic E-state index is 12.6. The maximum absolute atomic E-state index is 12.6. The van der Waals surface area contributed by atoms with Crippen LogP contribution in [0.4, 0.5) is 0 Å². The lowest BCUT2D eigenvalue weighted by atomic mass is 9.85. The van der Waals surface area contributed by atoms with Crippen molar-refractivity contribution in [2.45, 2.75) is 32.4 Å². The Morgan fingerprint density at radius 3 is 2.70 bits per heavy atom. The van der Waals surface area contributed by atoms with E-state index in [1.165, 1.54) is 21.1 Å².